The molecule has 1 heterocycles. The summed E-state index contributed by atoms with van der Waals surface area (Å²) in [5.74, 6) is -0.171. The second kappa shape index (κ2) is 5.44. The van der Waals surface area contributed by atoms with Crippen LogP contribution in [0.25, 0.3) is 0 Å². The normalized spacial score (nSPS) is 21.4. The molecule has 1 aromatic rings. The van der Waals surface area contributed by atoms with E-state index >= 15 is 0 Å². The largest absolute Gasteiger partial charge is 0.340 e. The van der Waals surface area contributed by atoms with Crippen molar-refractivity contribution in [1.29, 1.82) is 0 Å². The van der Waals surface area contributed by atoms with Gasteiger partial charge in [0.25, 0.3) is 5.91 Å². The van der Waals surface area contributed by atoms with Crippen LogP contribution in [0.2, 0.25) is 0 Å². The predicted octanol–water partition coefficient (Wildman–Crippen LogP) is 3.09. The number of benzene rings is 1. The van der Waals surface area contributed by atoms with Crippen molar-refractivity contribution in [3.05, 3.63) is 27.7 Å². The Kier molecular flexibility index (Phi) is 4.15. The van der Waals surface area contributed by atoms with E-state index in [1.54, 1.807) is 18.7 Å². The summed E-state index contributed by atoms with van der Waals surface area (Å²) in [4.78, 5) is 26.7. The van der Waals surface area contributed by atoms with E-state index in [4.69, 9.17) is 0 Å². The number of rotatable bonds is 2. The van der Waals surface area contributed by atoms with E-state index in [1.807, 2.05) is 32.9 Å². The van der Waals surface area contributed by atoms with E-state index in [0.29, 0.717) is 6.42 Å². The fourth-order valence-corrected chi connectivity index (χ4v) is 2.96. The van der Waals surface area contributed by atoms with Gasteiger partial charge < -0.3 is 5.32 Å². The Labute approximate surface area is 134 Å². The molecule has 1 saturated heterocycles. The maximum absolute atomic E-state index is 12.8. The standard InChI is InChI=1S/C16H21BrN2O2/c1-6-12-14(20)18-16(4,5)15(21)19(12)11-7-9(2)13(17)10(3)8-11/h7-8,12H,6H2,1-5H3,(H,18,20). The van der Waals surface area contributed by atoms with Gasteiger partial charge in [-0.25, -0.2) is 0 Å². The molecule has 1 aliphatic heterocycles. The van der Waals surface area contributed by atoms with Crippen LogP contribution < -0.4 is 10.2 Å². The Morgan fingerprint density at radius 1 is 1.24 bits per heavy atom. The number of anilines is 1. The summed E-state index contributed by atoms with van der Waals surface area (Å²) >= 11 is 3.54. The van der Waals surface area contributed by atoms with Crippen molar-refractivity contribution >= 4 is 33.4 Å². The first-order valence-electron chi connectivity index (χ1n) is 7.11. The molecule has 1 atom stereocenters. The van der Waals surface area contributed by atoms with Gasteiger partial charge in [0.15, 0.2) is 0 Å². The fraction of sp³-hybridized carbons (Fsp3) is 0.500. The quantitative estimate of drug-likeness (QED) is 0.888. The second-order valence-electron chi connectivity index (χ2n) is 6.11. The zero-order valence-corrected chi connectivity index (χ0v) is 14.7. The summed E-state index contributed by atoms with van der Waals surface area (Å²) in [7, 11) is 0. The summed E-state index contributed by atoms with van der Waals surface area (Å²) in [6.45, 7) is 9.37. The van der Waals surface area contributed by atoms with Gasteiger partial charge in [-0.1, -0.05) is 22.9 Å². The molecule has 114 valence electrons. The smallest absolute Gasteiger partial charge is 0.252 e. The molecule has 0 saturated carbocycles. The van der Waals surface area contributed by atoms with Crippen molar-refractivity contribution in [2.24, 2.45) is 0 Å². The molecular weight excluding hydrogens is 332 g/mol. The molecule has 0 radical (unpaired) electrons. The first-order valence-corrected chi connectivity index (χ1v) is 7.90. The lowest BCUT2D eigenvalue weighted by molar-refractivity contribution is -0.137. The van der Waals surface area contributed by atoms with Gasteiger partial charge in [0.05, 0.1) is 0 Å². The third kappa shape index (κ3) is 2.71. The molecule has 1 N–H and O–H groups in total. The third-order valence-corrected chi connectivity index (χ3v) is 5.14. The minimum atomic E-state index is -0.877. The zero-order valence-electron chi connectivity index (χ0n) is 13.1. The molecule has 1 fully saturated rings. The average molecular weight is 353 g/mol. The maximum Gasteiger partial charge on any atom is 0.252 e. The number of amides is 2. The average Bonchev–Trinajstić information content (AvgIpc) is 2.38. The van der Waals surface area contributed by atoms with Crippen molar-refractivity contribution in [3.8, 4) is 0 Å². The molecular formula is C16H21BrN2O2. The summed E-state index contributed by atoms with van der Waals surface area (Å²) in [6, 6.07) is 3.45. The molecule has 1 aromatic carbocycles. The van der Waals surface area contributed by atoms with E-state index in [0.717, 1.165) is 21.3 Å². The number of piperazine rings is 1. The van der Waals surface area contributed by atoms with Crippen LogP contribution in [0.4, 0.5) is 5.69 Å². The molecule has 5 heteroatoms. The van der Waals surface area contributed by atoms with Crippen molar-refractivity contribution in [2.75, 3.05) is 4.90 Å². The Morgan fingerprint density at radius 2 is 1.76 bits per heavy atom. The van der Waals surface area contributed by atoms with Crippen LogP contribution in [-0.2, 0) is 9.59 Å². The number of nitrogens with zero attached hydrogens (tertiary/aromatic N) is 1. The van der Waals surface area contributed by atoms with Gasteiger partial charge in [-0.3, -0.25) is 14.5 Å². The Morgan fingerprint density at radius 3 is 2.24 bits per heavy atom. The van der Waals surface area contributed by atoms with Gasteiger partial charge in [-0.2, -0.15) is 0 Å². The minimum absolute atomic E-state index is 0.0740. The first-order chi connectivity index (χ1) is 9.69. The van der Waals surface area contributed by atoms with Gasteiger partial charge in [0.2, 0.25) is 5.91 Å². The van der Waals surface area contributed by atoms with Crippen LogP contribution in [0.15, 0.2) is 16.6 Å². The number of nitrogens with one attached hydrogen (secondary N) is 1. The lowest BCUT2D eigenvalue weighted by Gasteiger charge is -2.42. The number of carbonyl (C=O) groups excluding carboxylic acids is 2. The number of hydrogen-bond acceptors (Lipinski definition) is 2. The summed E-state index contributed by atoms with van der Waals surface area (Å²) in [6.07, 6.45) is 0.585. The van der Waals surface area contributed by atoms with E-state index < -0.39 is 11.6 Å². The lowest BCUT2D eigenvalue weighted by atomic mass is 9.94. The predicted molar refractivity (Wildman–Crippen MR) is 87.4 cm³/mol. The van der Waals surface area contributed by atoms with Crippen LogP contribution in [0, 0.1) is 13.8 Å². The van der Waals surface area contributed by atoms with Gasteiger partial charge in [-0.15, -0.1) is 0 Å². The molecule has 4 nitrogen and oxygen atoms in total. The first kappa shape index (κ1) is 16.0. The third-order valence-electron chi connectivity index (χ3n) is 3.89. The number of hydrogen-bond donors (Lipinski definition) is 1. The fourth-order valence-electron chi connectivity index (χ4n) is 2.73. The second-order valence-corrected chi connectivity index (χ2v) is 6.90. The van der Waals surface area contributed by atoms with Gasteiger partial charge in [-0.05, 0) is 57.4 Å². The molecule has 2 amide bonds. The van der Waals surface area contributed by atoms with Crippen LogP contribution >= 0.6 is 15.9 Å². The van der Waals surface area contributed by atoms with Crippen molar-refractivity contribution < 1.29 is 9.59 Å². The van der Waals surface area contributed by atoms with Crippen LogP contribution in [0.3, 0.4) is 0 Å². The summed E-state index contributed by atoms with van der Waals surface area (Å²) in [5.41, 5.74) is 2.01. The van der Waals surface area contributed by atoms with Gasteiger partial charge in [0, 0.05) is 10.2 Å². The van der Waals surface area contributed by atoms with Crippen LogP contribution in [0.5, 0.6) is 0 Å². The van der Waals surface area contributed by atoms with E-state index in [9.17, 15) is 9.59 Å². The molecule has 21 heavy (non-hydrogen) atoms. The topological polar surface area (TPSA) is 49.4 Å². The minimum Gasteiger partial charge on any atom is -0.340 e. The van der Waals surface area contributed by atoms with E-state index in [-0.39, 0.29) is 11.8 Å². The van der Waals surface area contributed by atoms with Gasteiger partial charge >= 0.3 is 0 Å². The van der Waals surface area contributed by atoms with Crippen LogP contribution in [-0.4, -0.2) is 23.4 Å². The highest BCUT2D eigenvalue weighted by Gasteiger charge is 2.45. The van der Waals surface area contributed by atoms with E-state index in [2.05, 4.69) is 21.2 Å². The highest BCUT2D eigenvalue weighted by molar-refractivity contribution is 9.10. The molecule has 1 unspecified atom stereocenters. The number of aryl methyl sites for hydroxylation is 2. The van der Waals surface area contributed by atoms with E-state index in [1.165, 1.54) is 0 Å². The van der Waals surface area contributed by atoms with Crippen LogP contribution in [0.1, 0.15) is 38.3 Å². The highest BCUT2D eigenvalue weighted by atomic mass is 79.9. The summed E-state index contributed by atoms with van der Waals surface area (Å²) in [5, 5.41) is 2.81. The molecule has 0 aliphatic carbocycles. The van der Waals surface area contributed by atoms with Crippen molar-refractivity contribution in [2.45, 2.75) is 52.6 Å². The maximum atomic E-state index is 12.8. The molecule has 0 bridgehead atoms. The molecule has 0 spiro atoms. The molecule has 1 aliphatic rings. The van der Waals surface area contributed by atoms with Crippen molar-refractivity contribution in [3.63, 3.8) is 0 Å². The Hall–Kier alpha value is -1.36. The Balaban J connectivity index is 2.57. The Bertz CT molecular complexity index is 587. The monoisotopic (exact) mass is 352 g/mol. The van der Waals surface area contributed by atoms with Crippen molar-refractivity contribution in [1.82, 2.24) is 5.32 Å². The number of halogens is 1. The lowest BCUT2D eigenvalue weighted by Crippen LogP contribution is -2.68. The highest BCUT2D eigenvalue weighted by Crippen LogP contribution is 2.32. The zero-order chi connectivity index (χ0) is 15.9. The molecule has 0 aromatic heterocycles. The SMILES string of the molecule is CCC1C(=O)NC(C)(C)C(=O)N1c1cc(C)c(Br)c(C)c1. The summed E-state index contributed by atoms with van der Waals surface area (Å²) < 4.78 is 1.03. The molecule has 2 rings (SSSR count). The number of carbonyl (C=O) groups is 2. The van der Waals surface area contributed by atoms with Gasteiger partial charge in [0.1, 0.15) is 11.6 Å².